The van der Waals surface area contributed by atoms with Crippen LogP contribution in [-0.2, 0) is 21.2 Å². The number of nitrogens with one attached hydrogen (secondary N) is 1. The summed E-state index contributed by atoms with van der Waals surface area (Å²) in [7, 11) is -3.12. The number of sulfone groups is 1. The van der Waals surface area contributed by atoms with E-state index in [1.54, 1.807) is 19.1 Å². The summed E-state index contributed by atoms with van der Waals surface area (Å²) in [5, 5.41) is 2.57. The maximum Gasteiger partial charge on any atom is 0.258 e. The third kappa shape index (κ3) is 6.03. The minimum absolute atomic E-state index is 0.0991. The van der Waals surface area contributed by atoms with Crippen molar-refractivity contribution in [1.29, 1.82) is 0 Å². The number of carbonyl (C=O) groups is 1. The molecule has 1 aromatic rings. The fraction of sp³-hybridized carbons (Fsp3) is 0.462. The highest BCUT2D eigenvalue weighted by atomic mass is 32.2. The fourth-order valence-electron chi connectivity index (χ4n) is 1.77. The van der Waals surface area contributed by atoms with Crippen molar-refractivity contribution in [2.75, 3.05) is 18.6 Å². The van der Waals surface area contributed by atoms with Crippen molar-refractivity contribution in [3.63, 3.8) is 0 Å². The van der Waals surface area contributed by atoms with Gasteiger partial charge in [0.05, 0.1) is 5.75 Å². The molecule has 0 saturated heterocycles. The van der Waals surface area contributed by atoms with Crippen LogP contribution in [0.2, 0.25) is 0 Å². The van der Waals surface area contributed by atoms with Crippen LogP contribution in [0.3, 0.4) is 0 Å². The molecule has 0 aliphatic carbocycles. The number of nitrogens with two attached hydrogens (primary N) is 1. The van der Waals surface area contributed by atoms with Gasteiger partial charge in [-0.05, 0) is 13.0 Å². The van der Waals surface area contributed by atoms with Crippen LogP contribution < -0.4 is 15.8 Å². The van der Waals surface area contributed by atoms with E-state index in [2.05, 4.69) is 5.32 Å². The molecule has 20 heavy (non-hydrogen) atoms. The SMILES string of the molecule is CC(CS(C)(=O)=O)NC(=O)COc1ccccc1CN. The Balaban J connectivity index is 2.47. The quantitative estimate of drug-likeness (QED) is 0.742. The van der Waals surface area contributed by atoms with Crippen LogP contribution in [0.25, 0.3) is 0 Å². The van der Waals surface area contributed by atoms with Crippen molar-refractivity contribution < 1.29 is 17.9 Å². The van der Waals surface area contributed by atoms with Gasteiger partial charge in [-0.25, -0.2) is 8.42 Å². The topological polar surface area (TPSA) is 98.5 Å². The maximum atomic E-state index is 11.7. The minimum Gasteiger partial charge on any atom is -0.483 e. The van der Waals surface area contributed by atoms with Gasteiger partial charge in [0.2, 0.25) is 0 Å². The smallest absolute Gasteiger partial charge is 0.258 e. The lowest BCUT2D eigenvalue weighted by Gasteiger charge is -2.14. The molecule has 1 rings (SSSR count). The van der Waals surface area contributed by atoms with E-state index in [1.165, 1.54) is 0 Å². The molecule has 0 radical (unpaired) electrons. The summed E-state index contributed by atoms with van der Waals surface area (Å²) in [5.74, 6) is 0.0897. The van der Waals surface area contributed by atoms with Crippen LogP contribution in [0.1, 0.15) is 12.5 Å². The van der Waals surface area contributed by atoms with Crippen LogP contribution >= 0.6 is 0 Å². The molecule has 6 nitrogen and oxygen atoms in total. The second-order valence-corrected chi connectivity index (χ2v) is 6.85. The van der Waals surface area contributed by atoms with Crippen molar-refractivity contribution in [3.8, 4) is 5.75 Å². The normalized spacial score (nSPS) is 12.8. The molecule has 0 saturated carbocycles. The summed E-state index contributed by atoms with van der Waals surface area (Å²) in [6.07, 6.45) is 1.13. The molecule has 0 spiro atoms. The number of hydrogen-bond donors (Lipinski definition) is 2. The second kappa shape index (κ2) is 7.25. The van der Waals surface area contributed by atoms with E-state index in [0.29, 0.717) is 12.3 Å². The second-order valence-electron chi connectivity index (χ2n) is 4.66. The standard InChI is InChI=1S/C13H20N2O4S/c1-10(9-20(2,17)18)15-13(16)8-19-12-6-4-3-5-11(12)7-14/h3-6,10H,7-9,14H2,1-2H3,(H,15,16). The number of amides is 1. The van der Waals surface area contributed by atoms with Crippen molar-refractivity contribution >= 4 is 15.7 Å². The molecule has 112 valence electrons. The van der Waals surface area contributed by atoms with Gasteiger partial charge in [0.25, 0.3) is 5.91 Å². The maximum absolute atomic E-state index is 11.7. The lowest BCUT2D eigenvalue weighted by Crippen LogP contribution is -2.39. The Labute approximate surface area is 119 Å². The number of para-hydroxylation sites is 1. The number of benzene rings is 1. The summed E-state index contributed by atoms with van der Waals surface area (Å²) in [6.45, 7) is 1.78. The van der Waals surface area contributed by atoms with E-state index in [-0.39, 0.29) is 18.3 Å². The first-order chi connectivity index (χ1) is 9.31. The lowest BCUT2D eigenvalue weighted by molar-refractivity contribution is -0.123. The molecule has 0 aliphatic rings. The molecule has 1 atom stereocenters. The summed E-state index contributed by atoms with van der Waals surface area (Å²) < 4.78 is 27.6. The zero-order valence-electron chi connectivity index (χ0n) is 11.6. The molecule has 0 bridgehead atoms. The van der Waals surface area contributed by atoms with Crippen LogP contribution in [-0.4, -0.2) is 39.0 Å². The third-order valence-electron chi connectivity index (χ3n) is 2.51. The molecular weight excluding hydrogens is 280 g/mol. The van der Waals surface area contributed by atoms with Gasteiger partial charge < -0.3 is 15.8 Å². The van der Waals surface area contributed by atoms with Crippen molar-refractivity contribution in [2.45, 2.75) is 19.5 Å². The van der Waals surface area contributed by atoms with E-state index in [1.807, 2.05) is 12.1 Å². The van der Waals surface area contributed by atoms with E-state index >= 15 is 0 Å². The predicted octanol–water partition coefficient (Wildman–Crippen LogP) is 0.0734. The summed E-state index contributed by atoms with van der Waals surface area (Å²) >= 11 is 0. The molecule has 1 unspecified atom stereocenters. The van der Waals surface area contributed by atoms with Gasteiger partial charge in [-0.1, -0.05) is 18.2 Å². The molecule has 0 aliphatic heterocycles. The zero-order valence-corrected chi connectivity index (χ0v) is 12.4. The molecule has 0 fully saturated rings. The molecule has 3 N–H and O–H groups in total. The lowest BCUT2D eigenvalue weighted by atomic mass is 10.2. The van der Waals surface area contributed by atoms with Gasteiger partial charge in [-0.3, -0.25) is 4.79 Å². The Morgan fingerprint density at radius 2 is 2.05 bits per heavy atom. The molecular formula is C13H20N2O4S. The molecule has 7 heteroatoms. The van der Waals surface area contributed by atoms with Gasteiger partial charge in [0.15, 0.2) is 6.61 Å². The van der Waals surface area contributed by atoms with Crippen LogP contribution in [0.15, 0.2) is 24.3 Å². The first-order valence-corrected chi connectivity index (χ1v) is 8.25. The Morgan fingerprint density at radius 3 is 2.65 bits per heavy atom. The number of ether oxygens (including phenoxy) is 1. The van der Waals surface area contributed by atoms with Gasteiger partial charge in [0.1, 0.15) is 15.6 Å². The van der Waals surface area contributed by atoms with Gasteiger partial charge >= 0.3 is 0 Å². The zero-order chi connectivity index (χ0) is 15.2. The minimum atomic E-state index is -3.12. The molecule has 1 aromatic carbocycles. The largest absolute Gasteiger partial charge is 0.483 e. The van der Waals surface area contributed by atoms with Crippen LogP contribution in [0, 0.1) is 0 Å². The number of carbonyl (C=O) groups excluding carboxylic acids is 1. The Bertz CT molecular complexity index is 557. The van der Waals surface area contributed by atoms with Gasteiger partial charge in [-0.2, -0.15) is 0 Å². The Hall–Kier alpha value is -1.60. The van der Waals surface area contributed by atoms with Crippen LogP contribution in [0.4, 0.5) is 0 Å². The first kappa shape index (κ1) is 16.5. The highest BCUT2D eigenvalue weighted by Gasteiger charge is 2.13. The highest BCUT2D eigenvalue weighted by Crippen LogP contribution is 2.16. The predicted molar refractivity (Wildman–Crippen MR) is 77.1 cm³/mol. The summed E-state index contributed by atoms with van der Waals surface area (Å²) in [4.78, 5) is 11.7. The third-order valence-corrected chi connectivity index (χ3v) is 3.62. The number of rotatable bonds is 7. The van der Waals surface area contributed by atoms with E-state index in [0.717, 1.165) is 11.8 Å². The average Bonchev–Trinajstić information content (AvgIpc) is 2.34. The van der Waals surface area contributed by atoms with E-state index < -0.39 is 15.9 Å². The van der Waals surface area contributed by atoms with Gasteiger partial charge in [-0.15, -0.1) is 0 Å². The van der Waals surface area contributed by atoms with Crippen molar-refractivity contribution in [2.24, 2.45) is 5.73 Å². The Morgan fingerprint density at radius 1 is 1.40 bits per heavy atom. The van der Waals surface area contributed by atoms with Crippen LogP contribution in [0.5, 0.6) is 5.75 Å². The molecule has 0 aromatic heterocycles. The average molecular weight is 300 g/mol. The Kier molecular flexibility index (Phi) is 5.97. The number of hydrogen-bond acceptors (Lipinski definition) is 5. The van der Waals surface area contributed by atoms with E-state index in [4.69, 9.17) is 10.5 Å². The molecule has 1 amide bonds. The summed E-state index contributed by atoms with van der Waals surface area (Å²) in [6, 6.07) is 6.72. The monoisotopic (exact) mass is 300 g/mol. The fourth-order valence-corrected chi connectivity index (χ4v) is 2.76. The first-order valence-electron chi connectivity index (χ1n) is 6.19. The van der Waals surface area contributed by atoms with Gasteiger partial charge in [0, 0.05) is 24.4 Å². The van der Waals surface area contributed by atoms with E-state index in [9.17, 15) is 13.2 Å². The summed E-state index contributed by atoms with van der Waals surface area (Å²) in [5.41, 5.74) is 6.37. The highest BCUT2D eigenvalue weighted by molar-refractivity contribution is 7.90. The van der Waals surface area contributed by atoms with Crippen molar-refractivity contribution in [1.82, 2.24) is 5.32 Å². The molecule has 0 heterocycles. The van der Waals surface area contributed by atoms with Crippen molar-refractivity contribution in [3.05, 3.63) is 29.8 Å².